The number of amides is 2. The molecule has 0 aliphatic heterocycles. The first-order valence-electron chi connectivity index (χ1n) is 21.1. The van der Waals surface area contributed by atoms with Crippen LogP contribution in [0.3, 0.4) is 0 Å². The molecule has 0 aromatic carbocycles. The molecule has 3 atom stereocenters. The van der Waals surface area contributed by atoms with E-state index < -0.39 is 23.7 Å². The molecule has 3 unspecified atom stereocenters. The fourth-order valence-corrected chi connectivity index (χ4v) is 6.69. The number of nitrogens with two attached hydrogens (primary N) is 1. The van der Waals surface area contributed by atoms with Gasteiger partial charge in [0.1, 0.15) is 0 Å². The number of unbranched alkanes of at least 4 members (excludes halogenated alkanes) is 22. The summed E-state index contributed by atoms with van der Waals surface area (Å²) in [4.78, 5) is 25.4. The van der Waals surface area contributed by atoms with Gasteiger partial charge in [-0.05, 0) is 85.0 Å². The van der Waals surface area contributed by atoms with E-state index in [2.05, 4.69) is 48.8 Å². The Hall–Kier alpha value is -1.66. The predicted molar refractivity (Wildman–Crippen MR) is 213 cm³/mol. The normalized spacial score (nSPS) is 15.0. The summed E-state index contributed by atoms with van der Waals surface area (Å²) in [5.41, 5.74) is 5.54. The van der Waals surface area contributed by atoms with Gasteiger partial charge in [0, 0.05) is 24.9 Å². The van der Waals surface area contributed by atoms with Crippen LogP contribution in [0.2, 0.25) is 0 Å². The van der Waals surface area contributed by atoms with Gasteiger partial charge in [-0.3, -0.25) is 9.59 Å². The van der Waals surface area contributed by atoms with Crippen molar-refractivity contribution in [3.63, 3.8) is 0 Å². The Morgan fingerprint density at radius 2 is 0.776 bits per heavy atom. The minimum absolute atomic E-state index is 0.0487. The smallest absolute Gasteiger partial charge is 0.220 e. The maximum atomic E-state index is 12.7. The lowest BCUT2D eigenvalue weighted by Gasteiger charge is -2.43. The summed E-state index contributed by atoms with van der Waals surface area (Å²) in [6, 6.07) is -0.975. The molecule has 0 bridgehead atoms. The zero-order valence-electron chi connectivity index (χ0n) is 33.2. The number of aliphatic hydroxyl groups is 1. The van der Waals surface area contributed by atoms with E-state index in [4.69, 9.17) is 5.73 Å². The number of hydrogen-bond acceptors (Lipinski definition) is 4. The van der Waals surface area contributed by atoms with Gasteiger partial charge in [-0.25, -0.2) is 0 Å². The molecule has 0 heterocycles. The monoisotopic (exact) mass is 690 g/mol. The van der Waals surface area contributed by atoms with Crippen LogP contribution in [0, 0.1) is 0 Å². The lowest BCUT2D eigenvalue weighted by molar-refractivity contribution is -0.123. The van der Waals surface area contributed by atoms with Crippen molar-refractivity contribution in [2.75, 3.05) is 0 Å². The zero-order valence-corrected chi connectivity index (χ0v) is 33.2. The second-order valence-corrected chi connectivity index (χ2v) is 14.9. The van der Waals surface area contributed by atoms with Crippen molar-refractivity contribution in [3.8, 4) is 0 Å². The van der Waals surface area contributed by atoms with E-state index in [9.17, 15) is 14.7 Å². The summed E-state index contributed by atoms with van der Waals surface area (Å²) in [6.07, 6.45) is 41.2. The Morgan fingerprint density at radius 3 is 1.06 bits per heavy atom. The molecule has 0 aliphatic rings. The number of rotatable bonds is 35. The molecule has 6 nitrogen and oxygen atoms in total. The van der Waals surface area contributed by atoms with E-state index in [-0.39, 0.29) is 11.8 Å². The SMILES string of the molecule is CCCCCCCCC=CCCCCCCCC(=O)NC(C)C(N)(C(C)O)C(C)NC(=O)CCCCCCCC=CCCCCCCCC. The fourth-order valence-electron chi connectivity index (χ4n) is 6.69. The molecule has 0 fully saturated rings. The molecule has 6 heteroatoms. The first-order chi connectivity index (χ1) is 23.7. The van der Waals surface area contributed by atoms with E-state index in [0.717, 1.165) is 51.4 Å². The largest absolute Gasteiger partial charge is 0.391 e. The molecule has 2 amide bonds. The van der Waals surface area contributed by atoms with Crippen LogP contribution in [0.1, 0.15) is 214 Å². The number of allylic oxidation sites excluding steroid dienone is 4. The third-order valence-electron chi connectivity index (χ3n) is 10.3. The third kappa shape index (κ3) is 26.8. The second kappa shape index (κ2) is 33.5. The maximum Gasteiger partial charge on any atom is 0.220 e. The molecule has 0 aromatic heterocycles. The number of hydrogen-bond donors (Lipinski definition) is 4. The predicted octanol–water partition coefficient (Wildman–Crippen LogP) is 11.1. The van der Waals surface area contributed by atoms with Crippen LogP contribution in [0.4, 0.5) is 0 Å². The Morgan fingerprint density at radius 1 is 0.510 bits per heavy atom. The van der Waals surface area contributed by atoms with Gasteiger partial charge in [0.05, 0.1) is 11.6 Å². The Balaban J connectivity index is 4.07. The first kappa shape index (κ1) is 47.3. The Bertz CT molecular complexity index is 765. The topological polar surface area (TPSA) is 104 Å². The molecule has 0 aliphatic carbocycles. The Kier molecular flexibility index (Phi) is 32.3. The molecule has 0 rings (SSSR count). The standard InChI is InChI=1S/C43H83N3O3/c1-6-8-10-12-14-16-18-20-22-24-26-28-30-32-34-36-41(48)45-38(3)43(44,40(5)47)39(4)46-42(49)37-35-33-31-29-27-25-23-21-19-17-15-13-11-9-7-2/h20-23,38-40,47H,6-19,24-37,44H2,1-5H3,(H,45,48)(H,46,49). The van der Waals surface area contributed by atoms with Crippen LogP contribution in [-0.2, 0) is 9.59 Å². The molecule has 0 radical (unpaired) electrons. The quantitative estimate of drug-likeness (QED) is 0.0393. The molecular formula is C43H83N3O3. The number of carbonyl (C=O) groups is 2. The van der Waals surface area contributed by atoms with Crippen molar-refractivity contribution in [1.82, 2.24) is 10.6 Å². The molecule has 49 heavy (non-hydrogen) atoms. The summed E-state index contributed by atoms with van der Waals surface area (Å²) in [6.45, 7) is 9.82. The van der Waals surface area contributed by atoms with Crippen LogP contribution >= 0.6 is 0 Å². The highest BCUT2D eigenvalue weighted by atomic mass is 16.3. The molecule has 0 spiro atoms. The molecule has 0 saturated heterocycles. The average molecular weight is 690 g/mol. The molecule has 0 aromatic rings. The van der Waals surface area contributed by atoms with Crippen molar-refractivity contribution in [1.29, 1.82) is 0 Å². The average Bonchev–Trinajstić information content (AvgIpc) is 3.07. The summed E-state index contributed by atoms with van der Waals surface area (Å²) in [7, 11) is 0. The second-order valence-electron chi connectivity index (χ2n) is 14.9. The van der Waals surface area contributed by atoms with Gasteiger partial charge in [0.2, 0.25) is 11.8 Å². The first-order valence-corrected chi connectivity index (χ1v) is 21.1. The van der Waals surface area contributed by atoms with Crippen molar-refractivity contribution in [2.45, 2.75) is 238 Å². The fraction of sp³-hybridized carbons (Fsp3) is 0.860. The van der Waals surface area contributed by atoms with Crippen LogP contribution < -0.4 is 16.4 Å². The maximum absolute atomic E-state index is 12.7. The van der Waals surface area contributed by atoms with E-state index in [1.54, 1.807) is 6.92 Å². The Labute approximate surface area is 304 Å². The van der Waals surface area contributed by atoms with Crippen molar-refractivity contribution in [2.24, 2.45) is 5.73 Å². The minimum atomic E-state index is -1.17. The highest BCUT2D eigenvalue weighted by Crippen LogP contribution is 2.20. The number of aliphatic hydroxyl groups excluding tert-OH is 1. The van der Waals surface area contributed by atoms with Gasteiger partial charge >= 0.3 is 0 Å². The van der Waals surface area contributed by atoms with Crippen LogP contribution in [0.25, 0.3) is 0 Å². The zero-order chi connectivity index (χ0) is 36.4. The van der Waals surface area contributed by atoms with Crippen LogP contribution in [0.15, 0.2) is 24.3 Å². The lowest BCUT2D eigenvalue weighted by Crippen LogP contribution is -2.72. The number of carbonyl (C=O) groups excluding carboxylic acids is 2. The van der Waals surface area contributed by atoms with Gasteiger partial charge in [0.25, 0.3) is 0 Å². The van der Waals surface area contributed by atoms with Crippen LogP contribution in [-0.4, -0.2) is 40.6 Å². The van der Waals surface area contributed by atoms with Crippen molar-refractivity contribution in [3.05, 3.63) is 24.3 Å². The summed E-state index contributed by atoms with van der Waals surface area (Å²) in [5.74, 6) is -0.0974. The van der Waals surface area contributed by atoms with E-state index in [1.807, 2.05) is 13.8 Å². The van der Waals surface area contributed by atoms with Gasteiger partial charge in [-0.15, -0.1) is 0 Å². The molecule has 5 N–H and O–H groups in total. The highest BCUT2D eigenvalue weighted by Gasteiger charge is 2.43. The summed E-state index contributed by atoms with van der Waals surface area (Å²) in [5, 5.41) is 16.7. The number of nitrogens with one attached hydrogen (secondary N) is 2. The van der Waals surface area contributed by atoms with Crippen molar-refractivity contribution >= 4 is 11.8 Å². The van der Waals surface area contributed by atoms with E-state index >= 15 is 0 Å². The third-order valence-corrected chi connectivity index (χ3v) is 10.3. The van der Waals surface area contributed by atoms with Gasteiger partial charge in [0.15, 0.2) is 0 Å². The van der Waals surface area contributed by atoms with Crippen LogP contribution in [0.5, 0.6) is 0 Å². The van der Waals surface area contributed by atoms with Gasteiger partial charge in [-0.2, -0.15) is 0 Å². The summed E-state index contributed by atoms with van der Waals surface area (Å²) < 4.78 is 0. The highest BCUT2D eigenvalue weighted by molar-refractivity contribution is 5.77. The lowest BCUT2D eigenvalue weighted by atomic mass is 9.80. The van der Waals surface area contributed by atoms with E-state index in [1.165, 1.54) is 116 Å². The minimum Gasteiger partial charge on any atom is -0.391 e. The molecule has 0 saturated carbocycles. The van der Waals surface area contributed by atoms with Gasteiger partial charge in [-0.1, -0.05) is 141 Å². The van der Waals surface area contributed by atoms with Crippen molar-refractivity contribution < 1.29 is 14.7 Å². The summed E-state index contributed by atoms with van der Waals surface area (Å²) >= 11 is 0. The molecular weight excluding hydrogens is 606 g/mol. The van der Waals surface area contributed by atoms with E-state index in [0.29, 0.717) is 12.8 Å². The molecule has 288 valence electrons. The van der Waals surface area contributed by atoms with Gasteiger partial charge < -0.3 is 21.5 Å².